The number of fused-ring (bicyclic) bond motifs is 1. The molecule has 130 valence electrons. The first-order valence-electron chi connectivity index (χ1n) is 8.35. The zero-order valence-electron chi connectivity index (χ0n) is 14.5. The van der Waals surface area contributed by atoms with E-state index < -0.39 is 0 Å². The predicted octanol–water partition coefficient (Wildman–Crippen LogP) is 2.67. The fourth-order valence-corrected chi connectivity index (χ4v) is 3.17. The Balaban J connectivity index is 1.70. The van der Waals surface area contributed by atoms with E-state index >= 15 is 0 Å². The van der Waals surface area contributed by atoms with Crippen LogP contribution in [-0.2, 0) is 29.1 Å². The standard InChI is InChI=1S/C20H22N2O3/c1-14(23)22-10-9-15-11-16(7-8-19(15)22)20(24)21-12-17-5-3-4-6-18(17)13-25-2/h3-8,11H,9-10,12-13H2,1-2H3,(H,21,24). The van der Waals surface area contributed by atoms with Crippen molar-refractivity contribution in [2.45, 2.75) is 26.5 Å². The van der Waals surface area contributed by atoms with Crippen LogP contribution in [0.4, 0.5) is 5.69 Å². The summed E-state index contributed by atoms with van der Waals surface area (Å²) >= 11 is 0. The molecule has 0 saturated heterocycles. The molecule has 0 fully saturated rings. The number of carbonyl (C=O) groups is 2. The molecule has 0 bridgehead atoms. The highest BCUT2D eigenvalue weighted by Gasteiger charge is 2.23. The molecule has 0 unspecified atom stereocenters. The Hall–Kier alpha value is -2.66. The van der Waals surface area contributed by atoms with Crippen LogP contribution in [0.5, 0.6) is 0 Å². The van der Waals surface area contributed by atoms with Crippen LogP contribution in [0.1, 0.15) is 34.0 Å². The summed E-state index contributed by atoms with van der Waals surface area (Å²) in [5.74, 6) is -0.0815. The molecular weight excluding hydrogens is 316 g/mol. The minimum atomic E-state index is -0.115. The minimum Gasteiger partial charge on any atom is -0.380 e. The van der Waals surface area contributed by atoms with Gasteiger partial charge >= 0.3 is 0 Å². The molecule has 0 atom stereocenters. The molecule has 1 N–H and O–H groups in total. The van der Waals surface area contributed by atoms with E-state index in [2.05, 4.69) is 5.32 Å². The Kier molecular flexibility index (Phi) is 5.14. The van der Waals surface area contributed by atoms with Gasteiger partial charge in [0.1, 0.15) is 0 Å². The summed E-state index contributed by atoms with van der Waals surface area (Å²) in [5, 5.41) is 2.96. The molecule has 0 spiro atoms. The van der Waals surface area contributed by atoms with Gasteiger partial charge in [0.15, 0.2) is 0 Å². The normalized spacial score (nSPS) is 12.8. The van der Waals surface area contributed by atoms with E-state index in [1.807, 2.05) is 36.4 Å². The minimum absolute atomic E-state index is 0.0331. The van der Waals surface area contributed by atoms with Gasteiger partial charge in [-0.15, -0.1) is 0 Å². The zero-order valence-corrected chi connectivity index (χ0v) is 14.5. The van der Waals surface area contributed by atoms with Crippen LogP contribution >= 0.6 is 0 Å². The topological polar surface area (TPSA) is 58.6 Å². The molecule has 0 aliphatic carbocycles. The van der Waals surface area contributed by atoms with Crippen molar-refractivity contribution in [2.24, 2.45) is 0 Å². The van der Waals surface area contributed by atoms with Crippen LogP contribution in [0.25, 0.3) is 0 Å². The molecule has 0 aromatic heterocycles. The maximum atomic E-state index is 12.5. The molecule has 5 heteroatoms. The fourth-order valence-electron chi connectivity index (χ4n) is 3.17. The summed E-state index contributed by atoms with van der Waals surface area (Å²) in [4.78, 5) is 25.8. The van der Waals surface area contributed by atoms with Gasteiger partial charge in [-0.25, -0.2) is 0 Å². The molecule has 1 aliphatic heterocycles. The smallest absolute Gasteiger partial charge is 0.251 e. The van der Waals surface area contributed by atoms with Gasteiger partial charge in [0.25, 0.3) is 5.91 Å². The van der Waals surface area contributed by atoms with Crippen molar-refractivity contribution in [1.29, 1.82) is 0 Å². The van der Waals surface area contributed by atoms with E-state index in [-0.39, 0.29) is 11.8 Å². The lowest BCUT2D eigenvalue weighted by Crippen LogP contribution is -2.26. The van der Waals surface area contributed by atoms with Crippen LogP contribution in [0.15, 0.2) is 42.5 Å². The van der Waals surface area contributed by atoms with E-state index in [0.717, 1.165) is 28.8 Å². The number of rotatable bonds is 5. The monoisotopic (exact) mass is 338 g/mol. The number of hydrogen-bond donors (Lipinski definition) is 1. The third kappa shape index (κ3) is 3.72. The number of anilines is 1. The first kappa shape index (κ1) is 17.2. The third-order valence-corrected chi connectivity index (χ3v) is 4.47. The predicted molar refractivity (Wildman–Crippen MR) is 96.5 cm³/mol. The average Bonchev–Trinajstić information content (AvgIpc) is 3.04. The Labute approximate surface area is 147 Å². The van der Waals surface area contributed by atoms with Crippen LogP contribution in [0.3, 0.4) is 0 Å². The van der Waals surface area contributed by atoms with Gasteiger partial charge in [-0.3, -0.25) is 9.59 Å². The van der Waals surface area contributed by atoms with E-state index in [1.165, 1.54) is 0 Å². The molecule has 2 amide bonds. The Morgan fingerprint density at radius 1 is 1.16 bits per heavy atom. The van der Waals surface area contributed by atoms with Crippen molar-refractivity contribution in [3.05, 3.63) is 64.7 Å². The lowest BCUT2D eigenvalue weighted by atomic mass is 10.1. The Bertz CT molecular complexity index is 801. The third-order valence-electron chi connectivity index (χ3n) is 4.47. The summed E-state index contributed by atoms with van der Waals surface area (Å²) in [6.07, 6.45) is 0.784. The molecule has 2 aromatic rings. The molecule has 1 aliphatic rings. The van der Waals surface area contributed by atoms with E-state index in [0.29, 0.717) is 25.3 Å². The quantitative estimate of drug-likeness (QED) is 0.912. The van der Waals surface area contributed by atoms with Crippen molar-refractivity contribution >= 4 is 17.5 Å². The maximum absolute atomic E-state index is 12.5. The van der Waals surface area contributed by atoms with Gasteiger partial charge in [0.2, 0.25) is 5.91 Å². The largest absolute Gasteiger partial charge is 0.380 e. The maximum Gasteiger partial charge on any atom is 0.251 e. The van der Waals surface area contributed by atoms with Gasteiger partial charge < -0.3 is 15.0 Å². The van der Waals surface area contributed by atoms with Crippen LogP contribution in [0, 0.1) is 0 Å². The number of amides is 2. The van der Waals surface area contributed by atoms with Gasteiger partial charge in [0.05, 0.1) is 6.61 Å². The summed E-state index contributed by atoms with van der Waals surface area (Å²) in [6.45, 7) is 3.22. The zero-order chi connectivity index (χ0) is 17.8. The first-order chi connectivity index (χ1) is 12.1. The van der Waals surface area contributed by atoms with Crippen molar-refractivity contribution < 1.29 is 14.3 Å². The number of methoxy groups -OCH3 is 1. The van der Waals surface area contributed by atoms with Crippen molar-refractivity contribution in [1.82, 2.24) is 5.32 Å². The van der Waals surface area contributed by atoms with Crippen LogP contribution in [0.2, 0.25) is 0 Å². The second-order valence-corrected chi connectivity index (χ2v) is 6.15. The molecule has 2 aromatic carbocycles. The lowest BCUT2D eigenvalue weighted by molar-refractivity contribution is -0.116. The summed E-state index contributed by atoms with van der Waals surface area (Å²) in [6, 6.07) is 13.4. The lowest BCUT2D eigenvalue weighted by Gasteiger charge is -2.15. The molecule has 0 radical (unpaired) electrons. The highest BCUT2D eigenvalue weighted by molar-refractivity contribution is 5.97. The van der Waals surface area contributed by atoms with Crippen LogP contribution < -0.4 is 10.2 Å². The number of ether oxygens (including phenoxy) is 1. The van der Waals surface area contributed by atoms with E-state index in [4.69, 9.17) is 4.74 Å². The number of nitrogens with one attached hydrogen (secondary N) is 1. The highest BCUT2D eigenvalue weighted by Crippen LogP contribution is 2.28. The van der Waals surface area contributed by atoms with Crippen molar-refractivity contribution in [3.63, 3.8) is 0 Å². The summed E-state index contributed by atoms with van der Waals surface area (Å²) in [7, 11) is 1.66. The number of carbonyl (C=O) groups excluding carboxylic acids is 2. The van der Waals surface area contributed by atoms with Gasteiger partial charge in [-0.1, -0.05) is 24.3 Å². The molecule has 1 heterocycles. The molecule has 0 saturated carbocycles. The van der Waals surface area contributed by atoms with Crippen molar-refractivity contribution in [2.75, 3.05) is 18.6 Å². The summed E-state index contributed by atoms with van der Waals surface area (Å²) in [5.41, 5.74) is 4.68. The summed E-state index contributed by atoms with van der Waals surface area (Å²) < 4.78 is 5.19. The molecular formula is C20H22N2O3. The second-order valence-electron chi connectivity index (χ2n) is 6.15. The number of hydrogen-bond acceptors (Lipinski definition) is 3. The highest BCUT2D eigenvalue weighted by atomic mass is 16.5. The average molecular weight is 338 g/mol. The number of benzene rings is 2. The van der Waals surface area contributed by atoms with Gasteiger partial charge in [-0.2, -0.15) is 0 Å². The van der Waals surface area contributed by atoms with Crippen molar-refractivity contribution in [3.8, 4) is 0 Å². The Morgan fingerprint density at radius 2 is 1.92 bits per heavy atom. The SMILES string of the molecule is COCc1ccccc1CNC(=O)c1ccc2c(c1)CCN2C(C)=O. The Morgan fingerprint density at radius 3 is 2.64 bits per heavy atom. The first-order valence-corrected chi connectivity index (χ1v) is 8.35. The fraction of sp³-hybridized carbons (Fsp3) is 0.300. The molecule has 3 rings (SSSR count). The molecule has 5 nitrogen and oxygen atoms in total. The van der Waals surface area contributed by atoms with E-state index in [9.17, 15) is 9.59 Å². The number of nitrogens with zero attached hydrogens (tertiary/aromatic N) is 1. The van der Waals surface area contributed by atoms with Gasteiger partial charge in [0, 0.05) is 38.4 Å². The van der Waals surface area contributed by atoms with Crippen LogP contribution in [-0.4, -0.2) is 25.5 Å². The second kappa shape index (κ2) is 7.49. The van der Waals surface area contributed by atoms with E-state index in [1.54, 1.807) is 25.0 Å². The molecule has 25 heavy (non-hydrogen) atoms. The van der Waals surface area contributed by atoms with Gasteiger partial charge in [-0.05, 0) is 41.3 Å².